The summed E-state index contributed by atoms with van der Waals surface area (Å²) in [5.74, 6) is -8.31. The zero-order chi connectivity index (χ0) is 47.0. The topological polar surface area (TPSA) is 212 Å². The van der Waals surface area contributed by atoms with Crippen LogP contribution in [0.15, 0.2) is 52.5 Å². The second-order valence-electron chi connectivity index (χ2n) is 17.8. The molecule has 0 spiro atoms. The average Bonchev–Trinajstić information content (AvgIpc) is 3.53. The number of methoxy groups -OCH3 is 2. The third kappa shape index (κ3) is 9.05. The highest BCUT2D eigenvalue weighted by atomic mass is 16.7. The maximum absolute atomic E-state index is 14.8. The van der Waals surface area contributed by atoms with Crippen molar-refractivity contribution < 1.29 is 62.6 Å². The number of rotatable bonds is 7. The number of hydrogen-bond donors (Lipinski definition) is 3. The van der Waals surface area contributed by atoms with E-state index in [4.69, 9.17) is 28.4 Å². The van der Waals surface area contributed by atoms with E-state index in [1.807, 2.05) is 26.8 Å². The van der Waals surface area contributed by atoms with Gasteiger partial charge in [-0.15, -0.1) is 0 Å². The highest BCUT2D eigenvalue weighted by molar-refractivity contribution is 6.37. The van der Waals surface area contributed by atoms with E-state index in [0.717, 1.165) is 6.54 Å². The standard InChI is InChI=1S/C47H62N4O13/c1-24-13-12-15-46(8)29(6)42(63-46)27(4)37(53)26(3)41(62-30(7)52)25(2)32(60-11)14-21-61-47(9)44(57)35-33-34(38(54)28(5)43(35)64-47)40(56)36(49-45(24)58)31(39(33)55)23-48-51-18-16-50(17-19-51)20-22-59-10/h12-15,21,23,25-27,29,32,37,41-42,53-54H,16-20,22H2,1-11H3,(H,49,58)/b15-12+,21-14+,24-13-,48-23+/t25-,26-,27+,29-,32+,37+,41?,42-,46+,47+/m1/s1. The molecule has 7 heterocycles. The van der Waals surface area contributed by atoms with E-state index < -0.39 is 99.3 Å². The van der Waals surface area contributed by atoms with E-state index in [9.17, 15) is 34.2 Å². The molecule has 17 heteroatoms. The fourth-order valence-corrected chi connectivity index (χ4v) is 9.19. The molecule has 10 atom stereocenters. The largest absolute Gasteiger partial charge is 0.507 e. The van der Waals surface area contributed by atoms with Gasteiger partial charge in [-0.2, -0.15) is 5.10 Å². The van der Waals surface area contributed by atoms with Crippen molar-refractivity contribution in [3.8, 4) is 11.5 Å². The first-order chi connectivity index (χ1) is 30.2. The molecule has 8 aliphatic rings. The fraction of sp³-hybridized carbons (Fsp3) is 0.574. The number of allylic oxidation sites excluding steroid dienone is 4. The van der Waals surface area contributed by atoms with Crippen molar-refractivity contribution in [2.45, 2.75) is 98.1 Å². The van der Waals surface area contributed by atoms with Crippen molar-refractivity contribution in [2.75, 3.05) is 53.6 Å². The summed E-state index contributed by atoms with van der Waals surface area (Å²) in [5, 5.41) is 32.3. The number of hydrogen-bond acceptors (Lipinski definition) is 16. The van der Waals surface area contributed by atoms with Crippen LogP contribution in [0.4, 0.5) is 0 Å². The number of benzene rings is 1. The lowest BCUT2D eigenvalue weighted by Crippen LogP contribution is -2.60. The second kappa shape index (κ2) is 19.1. The number of aliphatic hydroxyl groups is 1. The number of carbonyl (C=O) groups excluding carboxylic acids is 5. The molecule has 1 unspecified atom stereocenters. The predicted molar refractivity (Wildman–Crippen MR) is 234 cm³/mol. The molecule has 1 aromatic rings. The number of piperazine rings is 1. The molecule has 0 aromatic heterocycles. The average molecular weight is 891 g/mol. The van der Waals surface area contributed by atoms with Crippen molar-refractivity contribution in [1.82, 2.24) is 15.2 Å². The Balaban J connectivity index is 1.44. The van der Waals surface area contributed by atoms with Gasteiger partial charge in [0.15, 0.2) is 5.78 Å². The van der Waals surface area contributed by atoms with Crippen LogP contribution in [0.5, 0.6) is 11.5 Å². The Kier molecular flexibility index (Phi) is 14.4. The van der Waals surface area contributed by atoms with Crippen LogP contribution in [0.3, 0.4) is 0 Å². The quantitative estimate of drug-likeness (QED) is 0.261. The normalized spacial score (nSPS) is 34.6. The monoisotopic (exact) mass is 890 g/mol. The van der Waals surface area contributed by atoms with E-state index in [1.165, 1.54) is 53.4 Å². The van der Waals surface area contributed by atoms with Crippen molar-refractivity contribution in [3.63, 3.8) is 0 Å². The first kappa shape index (κ1) is 48.3. The summed E-state index contributed by atoms with van der Waals surface area (Å²) in [6.45, 7) is 18.6. The molecule has 2 fully saturated rings. The molecule has 0 radical (unpaired) electrons. The van der Waals surface area contributed by atoms with Gasteiger partial charge in [0.05, 0.1) is 65.3 Å². The molecule has 7 bridgehead atoms. The first-order valence-electron chi connectivity index (χ1n) is 21.7. The molecule has 3 N–H and O–H groups in total. The molecule has 64 heavy (non-hydrogen) atoms. The molecule has 7 aliphatic heterocycles. The molecule has 0 saturated carbocycles. The van der Waals surface area contributed by atoms with Crippen LogP contribution in [0.25, 0.3) is 0 Å². The summed E-state index contributed by atoms with van der Waals surface area (Å²) >= 11 is 0. The number of esters is 1. The number of ether oxygens (including phenoxy) is 6. The number of nitrogens with zero attached hydrogens (tertiary/aromatic N) is 3. The Bertz CT molecular complexity index is 2210. The summed E-state index contributed by atoms with van der Waals surface area (Å²) < 4.78 is 35.4. The number of amides is 1. The maximum Gasteiger partial charge on any atom is 0.312 e. The summed E-state index contributed by atoms with van der Waals surface area (Å²) in [7, 11) is 3.09. The smallest absolute Gasteiger partial charge is 0.312 e. The van der Waals surface area contributed by atoms with E-state index >= 15 is 0 Å². The van der Waals surface area contributed by atoms with Crippen LogP contribution in [-0.2, 0) is 33.3 Å². The zero-order valence-electron chi connectivity index (χ0n) is 38.6. The van der Waals surface area contributed by atoms with E-state index in [0.29, 0.717) is 32.8 Å². The number of carbonyl (C=O) groups is 5. The van der Waals surface area contributed by atoms with Gasteiger partial charge in [0, 0.05) is 95.6 Å². The lowest BCUT2D eigenvalue weighted by molar-refractivity contribution is -0.251. The highest BCUT2D eigenvalue weighted by Crippen LogP contribution is 2.49. The Morgan fingerprint density at radius 3 is 2.30 bits per heavy atom. The van der Waals surface area contributed by atoms with Crippen LogP contribution in [0.2, 0.25) is 0 Å². The van der Waals surface area contributed by atoms with Crippen LogP contribution in [0.1, 0.15) is 92.0 Å². The van der Waals surface area contributed by atoms with Gasteiger partial charge in [-0.1, -0.05) is 45.9 Å². The van der Waals surface area contributed by atoms with Crippen LogP contribution < -0.4 is 10.1 Å². The second-order valence-corrected chi connectivity index (χ2v) is 17.8. The Morgan fingerprint density at radius 1 is 0.984 bits per heavy atom. The number of nitrogens with one attached hydrogen (secondary N) is 1. The number of phenols is 1. The maximum atomic E-state index is 14.8. The summed E-state index contributed by atoms with van der Waals surface area (Å²) in [6, 6.07) is 0. The van der Waals surface area contributed by atoms with Crippen molar-refractivity contribution in [2.24, 2.45) is 28.8 Å². The van der Waals surface area contributed by atoms with Crippen molar-refractivity contribution in [1.29, 1.82) is 0 Å². The highest BCUT2D eigenvalue weighted by Gasteiger charge is 2.54. The zero-order valence-corrected chi connectivity index (χ0v) is 38.6. The molecule has 2 saturated heterocycles. The summed E-state index contributed by atoms with van der Waals surface area (Å²) in [4.78, 5) is 72.5. The molecule has 1 amide bonds. The minimum atomic E-state index is -2.09. The van der Waals surface area contributed by atoms with Crippen LogP contribution in [-0.4, -0.2) is 145 Å². The Labute approximate surface area is 374 Å². The fourth-order valence-electron chi connectivity index (χ4n) is 9.19. The number of ketones is 3. The Morgan fingerprint density at radius 2 is 1.67 bits per heavy atom. The lowest BCUT2D eigenvalue weighted by atomic mass is 9.70. The van der Waals surface area contributed by atoms with Gasteiger partial charge >= 0.3 is 11.8 Å². The number of aliphatic hydroxyl groups excluding tert-OH is 1. The molecule has 9 rings (SSSR count). The van der Waals surface area contributed by atoms with Gasteiger partial charge in [-0.3, -0.25) is 33.9 Å². The molecular formula is C47H62N4O13. The number of phenolic OH excluding ortho intramolecular Hbond substituents is 1. The minimum absolute atomic E-state index is 0.00564. The number of hydrazone groups is 1. The summed E-state index contributed by atoms with van der Waals surface area (Å²) in [5.41, 5.74) is -2.48. The number of Topliss-reactive ketones (excluding diaryl/α,β-unsaturated/α-hetero) is 3. The third-order valence-corrected chi connectivity index (χ3v) is 13.5. The van der Waals surface area contributed by atoms with Crippen molar-refractivity contribution in [3.05, 3.63) is 69.7 Å². The first-order valence-corrected chi connectivity index (χ1v) is 21.7. The SMILES string of the molecule is COCCN1CCN(/N=C/C2=C3NC(=O)/C(C)=C\C=C\[C@]4(C)O[C@H]([C@@H](C)[C@@H](O)[C@@H](C)C(OC(C)=O)[C@H](C)[C@@H](OC)/C=C/O[C@@]5(C)Oc6c(C)c(O)c(c(c6C5=O)C2=O)C3=O)[C@H]4C)CC1. The van der Waals surface area contributed by atoms with Gasteiger partial charge in [-0.05, 0) is 26.8 Å². The molecule has 1 aromatic carbocycles. The van der Waals surface area contributed by atoms with Gasteiger partial charge in [0.2, 0.25) is 5.78 Å². The number of aromatic hydroxyl groups is 1. The molecular weight excluding hydrogens is 829 g/mol. The van der Waals surface area contributed by atoms with Gasteiger partial charge in [-0.25, -0.2) is 0 Å². The van der Waals surface area contributed by atoms with E-state index in [2.05, 4.69) is 15.3 Å². The van der Waals surface area contributed by atoms with E-state index in [-0.39, 0.29) is 40.0 Å². The minimum Gasteiger partial charge on any atom is -0.507 e. The molecule has 1 aliphatic carbocycles. The molecule has 17 nitrogen and oxygen atoms in total. The van der Waals surface area contributed by atoms with Crippen LogP contribution >= 0.6 is 0 Å². The predicted octanol–water partition coefficient (Wildman–Crippen LogP) is 4.05. The molecule has 348 valence electrons. The summed E-state index contributed by atoms with van der Waals surface area (Å²) in [6.07, 6.45) is 5.98. The van der Waals surface area contributed by atoms with Crippen molar-refractivity contribution >= 4 is 35.4 Å². The van der Waals surface area contributed by atoms with Gasteiger partial charge < -0.3 is 44.0 Å². The van der Waals surface area contributed by atoms with Gasteiger partial charge in [0.25, 0.3) is 11.7 Å². The lowest BCUT2D eigenvalue weighted by Gasteiger charge is -2.54. The van der Waals surface area contributed by atoms with Gasteiger partial charge in [0.1, 0.15) is 23.3 Å². The Hall–Kier alpha value is -5.20. The van der Waals surface area contributed by atoms with E-state index in [1.54, 1.807) is 38.1 Å². The third-order valence-electron chi connectivity index (χ3n) is 13.5. The van der Waals surface area contributed by atoms with Crippen LogP contribution in [0, 0.1) is 30.6 Å².